The summed E-state index contributed by atoms with van der Waals surface area (Å²) in [5, 5.41) is 8.46. The molecule has 2 aromatic carbocycles. The molecule has 0 saturated heterocycles. The molecule has 0 fully saturated rings. The number of hydrogen-bond acceptors (Lipinski definition) is 3. The number of rotatable bonds is 5. The Labute approximate surface area is 152 Å². The molecule has 1 unspecified atom stereocenters. The Morgan fingerprint density at radius 3 is 2.27 bits per heavy atom. The third-order valence-corrected chi connectivity index (χ3v) is 4.62. The van der Waals surface area contributed by atoms with Crippen molar-refractivity contribution in [3.8, 4) is 0 Å². The van der Waals surface area contributed by atoms with Crippen molar-refractivity contribution >= 4 is 16.7 Å². The standard InChI is InChI=1S/C21H23N3O2/c1-14(2)15(3)22-20(25)19-17-11-7-8-12-18(17)21(26)24(23-19)13-16-9-5-4-6-10-16/h4-12,14-15H,13H2,1-3H3,(H,22,25). The molecule has 5 nitrogen and oxygen atoms in total. The highest BCUT2D eigenvalue weighted by molar-refractivity contribution is 6.04. The van der Waals surface area contributed by atoms with E-state index < -0.39 is 0 Å². The number of aromatic nitrogens is 2. The van der Waals surface area contributed by atoms with Crippen LogP contribution in [0, 0.1) is 5.92 Å². The van der Waals surface area contributed by atoms with Gasteiger partial charge in [0.15, 0.2) is 5.69 Å². The molecule has 0 aliphatic rings. The van der Waals surface area contributed by atoms with E-state index in [-0.39, 0.29) is 23.2 Å². The molecular weight excluding hydrogens is 326 g/mol. The van der Waals surface area contributed by atoms with Crippen molar-refractivity contribution in [2.24, 2.45) is 5.92 Å². The van der Waals surface area contributed by atoms with Gasteiger partial charge in [0.05, 0.1) is 11.9 Å². The Morgan fingerprint density at radius 2 is 1.62 bits per heavy atom. The van der Waals surface area contributed by atoms with Crippen molar-refractivity contribution in [3.05, 3.63) is 76.2 Å². The molecule has 0 aliphatic heterocycles. The lowest BCUT2D eigenvalue weighted by Gasteiger charge is -2.18. The van der Waals surface area contributed by atoms with Crippen LogP contribution >= 0.6 is 0 Å². The second-order valence-corrected chi connectivity index (χ2v) is 6.85. The summed E-state index contributed by atoms with van der Waals surface area (Å²) in [4.78, 5) is 25.6. The molecule has 0 saturated carbocycles. The zero-order valence-corrected chi connectivity index (χ0v) is 15.3. The maximum Gasteiger partial charge on any atom is 0.274 e. The molecule has 3 rings (SSSR count). The van der Waals surface area contributed by atoms with Gasteiger partial charge in [0.1, 0.15) is 0 Å². The van der Waals surface area contributed by atoms with Crippen molar-refractivity contribution in [2.45, 2.75) is 33.4 Å². The number of nitrogens with zero attached hydrogens (tertiary/aromatic N) is 2. The van der Waals surface area contributed by atoms with E-state index in [0.717, 1.165) is 5.56 Å². The van der Waals surface area contributed by atoms with Gasteiger partial charge in [0.2, 0.25) is 0 Å². The summed E-state index contributed by atoms with van der Waals surface area (Å²) in [6.45, 7) is 6.38. The predicted molar refractivity (Wildman–Crippen MR) is 103 cm³/mol. The molecule has 0 radical (unpaired) electrons. The van der Waals surface area contributed by atoms with Gasteiger partial charge in [-0.2, -0.15) is 5.10 Å². The van der Waals surface area contributed by atoms with Gasteiger partial charge in [-0.05, 0) is 24.5 Å². The Bertz CT molecular complexity index is 977. The Morgan fingerprint density at radius 1 is 1.00 bits per heavy atom. The lowest BCUT2D eigenvalue weighted by atomic mass is 10.1. The monoisotopic (exact) mass is 349 g/mol. The first kappa shape index (κ1) is 17.9. The van der Waals surface area contributed by atoms with Gasteiger partial charge in [-0.15, -0.1) is 0 Å². The molecule has 26 heavy (non-hydrogen) atoms. The molecule has 1 aromatic heterocycles. The van der Waals surface area contributed by atoms with Crippen LogP contribution in [-0.2, 0) is 6.54 Å². The molecule has 1 N–H and O–H groups in total. The lowest BCUT2D eigenvalue weighted by Crippen LogP contribution is -2.38. The molecule has 134 valence electrons. The molecule has 5 heteroatoms. The van der Waals surface area contributed by atoms with Crippen LogP contribution in [-0.4, -0.2) is 21.7 Å². The largest absolute Gasteiger partial charge is 0.348 e. The van der Waals surface area contributed by atoms with E-state index in [0.29, 0.717) is 23.2 Å². The zero-order chi connectivity index (χ0) is 18.7. The second-order valence-electron chi connectivity index (χ2n) is 6.85. The van der Waals surface area contributed by atoms with Gasteiger partial charge >= 0.3 is 0 Å². The van der Waals surface area contributed by atoms with E-state index in [1.54, 1.807) is 18.2 Å². The van der Waals surface area contributed by atoms with Crippen LogP contribution in [0.2, 0.25) is 0 Å². The summed E-state index contributed by atoms with van der Waals surface area (Å²) in [5.74, 6) is 0.0460. The summed E-state index contributed by atoms with van der Waals surface area (Å²) in [6.07, 6.45) is 0. The van der Waals surface area contributed by atoms with E-state index in [9.17, 15) is 9.59 Å². The first-order valence-electron chi connectivity index (χ1n) is 8.82. The van der Waals surface area contributed by atoms with Crippen LogP contribution < -0.4 is 10.9 Å². The van der Waals surface area contributed by atoms with Crippen molar-refractivity contribution in [3.63, 3.8) is 0 Å². The number of carbonyl (C=O) groups excluding carboxylic acids is 1. The summed E-state index contributed by atoms with van der Waals surface area (Å²) in [7, 11) is 0. The normalized spacial score (nSPS) is 12.3. The molecule has 0 aliphatic carbocycles. The highest BCUT2D eigenvalue weighted by Gasteiger charge is 2.19. The summed E-state index contributed by atoms with van der Waals surface area (Å²) >= 11 is 0. The number of hydrogen-bond donors (Lipinski definition) is 1. The van der Waals surface area contributed by atoms with Crippen molar-refractivity contribution in [1.29, 1.82) is 0 Å². The van der Waals surface area contributed by atoms with E-state index in [1.807, 2.05) is 57.2 Å². The van der Waals surface area contributed by atoms with Gasteiger partial charge in [0.25, 0.3) is 11.5 Å². The van der Waals surface area contributed by atoms with Crippen LogP contribution in [0.25, 0.3) is 10.8 Å². The van der Waals surface area contributed by atoms with E-state index in [4.69, 9.17) is 0 Å². The number of fused-ring (bicyclic) bond motifs is 1. The third-order valence-electron chi connectivity index (χ3n) is 4.62. The molecule has 3 aromatic rings. The average molecular weight is 349 g/mol. The summed E-state index contributed by atoms with van der Waals surface area (Å²) < 4.78 is 1.37. The van der Waals surface area contributed by atoms with E-state index >= 15 is 0 Å². The smallest absolute Gasteiger partial charge is 0.274 e. The first-order chi connectivity index (χ1) is 12.5. The maximum absolute atomic E-state index is 12.8. The molecule has 0 bridgehead atoms. The van der Waals surface area contributed by atoms with Crippen molar-refractivity contribution in [2.75, 3.05) is 0 Å². The minimum Gasteiger partial charge on any atom is -0.348 e. The molecule has 1 amide bonds. The van der Waals surface area contributed by atoms with Gasteiger partial charge in [-0.1, -0.05) is 62.4 Å². The summed E-state index contributed by atoms with van der Waals surface area (Å²) in [6, 6.07) is 16.8. The van der Waals surface area contributed by atoms with Crippen LogP contribution in [0.1, 0.15) is 36.8 Å². The Kier molecular flexibility index (Phi) is 5.16. The number of nitrogens with one attached hydrogen (secondary N) is 1. The zero-order valence-electron chi connectivity index (χ0n) is 15.3. The fraction of sp³-hybridized carbons (Fsp3) is 0.286. The van der Waals surface area contributed by atoms with E-state index in [2.05, 4.69) is 10.4 Å². The van der Waals surface area contributed by atoms with Gasteiger partial charge in [-0.25, -0.2) is 4.68 Å². The minimum atomic E-state index is -0.260. The Balaban J connectivity index is 2.08. The van der Waals surface area contributed by atoms with Gasteiger partial charge in [0, 0.05) is 11.4 Å². The quantitative estimate of drug-likeness (QED) is 0.769. The Hall–Kier alpha value is -2.95. The fourth-order valence-corrected chi connectivity index (χ4v) is 2.71. The number of amides is 1. The van der Waals surface area contributed by atoms with Crippen LogP contribution in [0.3, 0.4) is 0 Å². The van der Waals surface area contributed by atoms with Crippen LogP contribution in [0.4, 0.5) is 0 Å². The number of carbonyl (C=O) groups is 1. The first-order valence-corrected chi connectivity index (χ1v) is 8.82. The maximum atomic E-state index is 12.8. The van der Waals surface area contributed by atoms with Crippen LogP contribution in [0.5, 0.6) is 0 Å². The average Bonchev–Trinajstić information content (AvgIpc) is 2.64. The molecule has 0 spiro atoms. The molecular formula is C21H23N3O2. The van der Waals surface area contributed by atoms with Gasteiger partial charge in [-0.3, -0.25) is 9.59 Å². The number of benzene rings is 2. The highest BCUT2D eigenvalue weighted by Crippen LogP contribution is 2.14. The van der Waals surface area contributed by atoms with Crippen molar-refractivity contribution < 1.29 is 4.79 Å². The SMILES string of the molecule is CC(C)C(C)NC(=O)c1nn(Cc2ccccc2)c(=O)c2ccccc12. The summed E-state index contributed by atoms with van der Waals surface area (Å²) in [5.41, 5.74) is 1.04. The fourth-order valence-electron chi connectivity index (χ4n) is 2.71. The van der Waals surface area contributed by atoms with Crippen molar-refractivity contribution in [1.82, 2.24) is 15.1 Å². The highest BCUT2D eigenvalue weighted by atomic mass is 16.2. The van der Waals surface area contributed by atoms with E-state index in [1.165, 1.54) is 4.68 Å². The predicted octanol–water partition coefficient (Wildman–Crippen LogP) is 3.22. The molecule has 1 heterocycles. The third kappa shape index (κ3) is 3.67. The lowest BCUT2D eigenvalue weighted by molar-refractivity contribution is 0.0925. The molecule has 1 atom stereocenters. The van der Waals surface area contributed by atoms with Gasteiger partial charge < -0.3 is 5.32 Å². The minimum absolute atomic E-state index is 0.0116. The second kappa shape index (κ2) is 7.52. The topological polar surface area (TPSA) is 64.0 Å². The van der Waals surface area contributed by atoms with Crippen LogP contribution in [0.15, 0.2) is 59.4 Å².